The van der Waals surface area contributed by atoms with Crippen LogP contribution < -0.4 is 5.32 Å². The second-order valence-corrected chi connectivity index (χ2v) is 7.84. The van der Waals surface area contributed by atoms with E-state index in [1.165, 1.54) is 24.9 Å². The third kappa shape index (κ3) is 3.45. The minimum Gasteiger partial charge on any atom is -0.304 e. The van der Waals surface area contributed by atoms with E-state index in [1.54, 1.807) is 11.3 Å². The molecule has 0 aliphatic rings. The fourth-order valence-electron chi connectivity index (χ4n) is 1.84. The van der Waals surface area contributed by atoms with Gasteiger partial charge < -0.3 is 5.32 Å². The third-order valence-corrected chi connectivity index (χ3v) is 6.08. The summed E-state index contributed by atoms with van der Waals surface area (Å²) in [5, 5.41) is 6.89. The molecule has 2 rings (SSSR count). The third-order valence-electron chi connectivity index (χ3n) is 2.95. The Balaban J connectivity index is 2.33. The molecule has 0 bridgehead atoms. The number of halogens is 1. The monoisotopic (exact) mass is 358 g/mol. The van der Waals surface area contributed by atoms with E-state index in [0.29, 0.717) is 5.92 Å². The molecule has 0 aliphatic carbocycles. The highest BCUT2D eigenvalue weighted by molar-refractivity contribution is 9.10. The van der Waals surface area contributed by atoms with E-state index in [4.69, 9.17) is 4.98 Å². The fourth-order valence-corrected chi connectivity index (χ4v) is 4.62. The first kappa shape index (κ1) is 15.2. The molecule has 2 heterocycles. The average molecular weight is 359 g/mol. The van der Waals surface area contributed by atoms with Crippen molar-refractivity contribution in [3.63, 3.8) is 0 Å². The molecular weight excluding hydrogens is 340 g/mol. The quantitative estimate of drug-likeness (QED) is 0.804. The van der Waals surface area contributed by atoms with Crippen LogP contribution in [-0.2, 0) is 0 Å². The fraction of sp³-hybridized carbons (Fsp3) is 0.500. The molecule has 5 heteroatoms. The summed E-state index contributed by atoms with van der Waals surface area (Å²) in [5.41, 5.74) is 1.19. The van der Waals surface area contributed by atoms with Crippen LogP contribution in [0.3, 0.4) is 0 Å². The summed E-state index contributed by atoms with van der Waals surface area (Å²) >= 11 is 7.19. The highest BCUT2D eigenvalue weighted by Gasteiger charge is 2.20. The SMILES string of the molecule is CCNC(c1cc(Br)c(C)s1)c1nc(C(C)C)cs1. The van der Waals surface area contributed by atoms with Gasteiger partial charge >= 0.3 is 0 Å². The van der Waals surface area contributed by atoms with Gasteiger partial charge in [0.05, 0.1) is 11.7 Å². The molecule has 1 atom stereocenters. The van der Waals surface area contributed by atoms with Gasteiger partial charge in [0, 0.05) is 19.6 Å². The van der Waals surface area contributed by atoms with Gasteiger partial charge in [0.15, 0.2) is 0 Å². The number of hydrogen-bond acceptors (Lipinski definition) is 4. The number of thiazole rings is 1. The lowest BCUT2D eigenvalue weighted by molar-refractivity contribution is 0.632. The second-order valence-electron chi connectivity index (χ2n) is 4.81. The summed E-state index contributed by atoms with van der Waals surface area (Å²) < 4.78 is 1.19. The number of thiophene rings is 1. The molecule has 0 amide bonds. The van der Waals surface area contributed by atoms with Gasteiger partial charge in [-0.15, -0.1) is 22.7 Å². The Morgan fingerprint density at radius 1 is 1.42 bits per heavy atom. The van der Waals surface area contributed by atoms with E-state index >= 15 is 0 Å². The van der Waals surface area contributed by atoms with Crippen molar-refractivity contribution in [2.75, 3.05) is 6.54 Å². The molecule has 0 aromatic carbocycles. The van der Waals surface area contributed by atoms with E-state index in [0.717, 1.165) is 6.54 Å². The predicted octanol–water partition coefficient (Wildman–Crippen LogP) is 5.10. The minimum absolute atomic E-state index is 0.220. The zero-order valence-electron chi connectivity index (χ0n) is 11.7. The molecular formula is C14H19BrN2S2. The van der Waals surface area contributed by atoms with Crippen LogP contribution in [0, 0.1) is 6.92 Å². The highest BCUT2D eigenvalue weighted by atomic mass is 79.9. The highest BCUT2D eigenvalue weighted by Crippen LogP contribution is 2.35. The number of aryl methyl sites for hydroxylation is 1. The Labute approximate surface area is 131 Å². The summed E-state index contributed by atoms with van der Waals surface area (Å²) in [6.07, 6.45) is 0. The summed E-state index contributed by atoms with van der Waals surface area (Å²) in [7, 11) is 0. The van der Waals surface area contributed by atoms with Crippen molar-refractivity contribution in [3.8, 4) is 0 Å². The van der Waals surface area contributed by atoms with Crippen molar-refractivity contribution >= 4 is 38.6 Å². The largest absolute Gasteiger partial charge is 0.304 e. The van der Waals surface area contributed by atoms with Crippen molar-refractivity contribution in [1.82, 2.24) is 10.3 Å². The lowest BCUT2D eigenvalue weighted by Gasteiger charge is -2.13. The molecule has 0 spiro atoms. The molecule has 2 aromatic heterocycles. The number of aromatic nitrogens is 1. The van der Waals surface area contributed by atoms with Crippen LogP contribution >= 0.6 is 38.6 Å². The Bertz CT molecular complexity index is 526. The van der Waals surface area contributed by atoms with E-state index in [-0.39, 0.29) is 6.04 Å². The first-order valence-electron chi connectivity index (χ1n) is 6.47. The molecule has 0 fully saturated rings. The van der Waals surface area contributed by atoms with Gasteiger partial charge in [-0.3, -0.25) is 0 Å². The van der Waals surface area contributed by atoms with Gasteiger partial charge in [-0.05, 0) is 41.4 Å². The molecule has 1 unspecified atom stereocenters. The first-order valence-corrected chi connectivity index (χ1v) is 8.96. The maximum atomic E-state index is 4.79. The van der Waals surface area contributed by atoms with Crippen LogP contribution in [0.5, 0.6) is 0 Å². The normalized spacial score (nSPS) is 13.2. The van der Waals surface area contributed by atoms with Crippen molar-refractivity contribution in [1.29, 1.82) is 0 Å². The molecule has 1 N–H and O–H groups in total. The van der Waals surface area contributed by atoms with Crippen LogP contribution in [0.25, 0.3) is 0 Å². The van der Waals surface area contributed by atoms with Crippen LogP contribution in [0.1, 0.15) is 53.2 Å². The lowest BCUT2D eigenvalue weighted by atomic mass is 10.1. The molecule has 19 heavy (non-hydrogen) atoms. The van der Waals surface area contributed by atoms with Crippen LogP contribution in [0.4, 0.5) is 0 Å². The average Bonchev–Trinajstić information content (AvgIpc) is 2.95. The van der Waals surface area contributed by atoms with Crippen molar-refractivity contribution < 1.29 is 0 Å². The smallest absolute Gasteiger partial charge is 0.115 e. The number of nitrogens with one attached hydrogen (secondary N) is 1. The molecule has 0 radical (unpaired) electrons. The van der Waals surface area contributed by atoms with E-state index in [2.05, 4.69) is 60.4 Å². The Hall–Kier alpha value is -0.230. The molecule has 2 aromatic rings. The van der Waals surface area contributed by atoms with Gasteiger partial charge in [0.2, 0.25) is 0 Å². The van der Waals surface area contributed by atoms with Crippen molar-refractivity contribution in [2.24, 2.45) is 0 Å². The standard InChI is InChI=1S/C14H19BrN2S2/c1-5-16-13(12-6-10(15)9(4)19-12)14-17-11(7-18-14)8(2)3/h6-8,13,16H,5H2,1-4H3. The molecule has 2 nitrogen and oxygen atoms in total. The first-order chi connectivity index (χ1) is 9.02. The summed E-state index contributed by atoms with van der Waals surface area (Å²) in [5.74, 6) is 0.490. The molecule has 104 valence electrons. The van der Waals surface area contributed by atoms with Crippen LogP contribution in [-0.4, -0.2) is 11.5 Å². The lowest BCUT2D eigenvalue weighted by Crippen LogP contribution is -2.21. The van der Waals surface area contributed by atoms with Gasteiger partial charge in [-0.25, -0.2) is 4.98 Å². The maximum absolute atomic E-state index is 4.79. The van der Waals surface area contributed by atoms with Crippen LogP contribution in [0.15, 0.2) is 15.9 Å². The number of hydrogen-bond donors (Lipinski definition) is 1. The summed E-state index contributed by atoms with van der Waals surface area (Å²) in [6, 6.07) is 2.43. The van der Waals surface area contributed by atoms with Crippen molar-refractivity contribution in [2.45, 2.75) is 39.7 Å². The van der Waals surface area contributed by atoms with Crippen LogP contribution in [0.2, 0.25) is 0 Å². The van der Waals surface area contributed by atoms with Gasteiger partial charge in [0.1, 0.15) is 5.01 Å². The zero-order valence-corrected chi connectivity index (χ0v) is 14.9. The van der Waals surface area contributed by atoms with E-state index in [9.17, 15) is 0 Å². The second kappa shape index (κ2) is 6.48. The number of rotatable bonds is 5. The Morgan fingerprint density at radius 2 is 2.16 bits per heavy atom. The summed E-state index contributed by atoms with van der Waals surface area (Å²) in [4.78, 5) is 7.44. The Kier molecular flexibility index (Phi) is 5.17. The van der Waals surface area contributed by atoms with Gasteiger partial charge in [0.25, 0.3) is 0 Å². The van der Waals surface area contributed by atoms with Gasteiger partial charge in [-0.2, -0.15) is 0 Å². The topological polar surface area (TPSA) is 24.9 Å². The summed E-state index contributed by atoms with van der Waals surface area (Å²) in [6.45, 7) is 9.60. The molecule has 0 saturated carbocycles. The molecule has 0 aliphatic heterocycles. The Morgan fingerprint density at radius 3 is 2.63 bits per heavy atom. The maximum Gasteiger partial charge on any atom is 0.115 e. The minimum atomic E-state index is 0.220. The van der Waals surface area contributed by atoms with Crippen molar-refractivity contribution in [3.05, 3.63) is 36.4 Å². The number of nitrogens with zero attached hydrogens (tertiary/aromatic N) is 1. The zero-order chi connectivity index (χ0) is 14.0. The van der Waals surface area contributed by atoms with E-state index < -0.39 is 0 Å². The predicted molar refractivity (Wildman–Crippen MR) is 88.5 cm³/mol. The van der Waals surface area contributed by atoms with Gasteiger partial charge in [-0.1, -0.05) is 20.8 Å². The van der Waals surface area contributed by atoms with E-state index in [1.807, 2.05) is 11.3 Å². The molecule has 0 saturated heterocycles.